The van der Waals surface area contributed by atoms with E-state index in [0.717, 1.165) is 39.4 Å². The molecule has 3 nitrogen and oxygen atoms in total. The lowest BCUT2D eigenvalue weighted by Crippen LogP contribution is -2.51. The maximum atomic E-state index is 12.7. The summed E-state index contributed by atoms with van der Waals surface area (Å²) >= 11 is 5.70. The Morgan fingerprint density at radius 2 is 2.26 bits per heavy atom. The average Bonchev–Trinajstić information content (AvgIpc) is 2.40. The number of piperidine rings is 1. The molecule has 0 aliphatic carbocycles. The van der Waals surface area contributed by atoms with Gasteiger partial charge in [0.2, 0.25) is 0 Å². The SMILES string of the molecule is CC(N)C1CCCCN1C(=O)c1cc(I)ccc1Br. The van der Waals surface area contributed by atoms with Gasteiger partial charge in [-0.2, -0.15) is 0 Å². The van der Waals surface area contributed by atoms with Crippen LogP contribution >= 0.6 is 38.5 Å². The molecule has 0 saturated carbocycles. The first kappa shape index (κ1) is 15.3. The van der Waals surface area contributed by atoms with Gasteiger partial charge >= 0.3 is 0 Å². The van der Waals surface area contributed by atoms with Gasteiger partial charge in [-0.3, -0.25) is 4.79 Å². The van der Waals surface area contributed by atoms with E-state index in [0.29, 0.717) is 0 Å². The molecule has 0 aromatic heterocycles. The van der Waals surface area contributed by atoms with Gasteiger partial charge in [-0.05, 0) is 82.9 Å². The van der Waals surface area contributed by atoms with Crippen LogP contribution in [-0.4, -0.2) is 29.4 Å². The maximum absolute atomic E-state index is 12.7. The number of carbonyl (C=O) groups excluding carboxylic acids is 1. The molecule has 1 aromatic carbocycles. The second-order valence-electron chi connectivity index (χ2n) is 5.04. The van der Waals surface area contributed by atoms with E-state index in [1.807, 2.05) is 30.0 Å². The predicted molar refractivity (Wildman–Crippen MR) is 89.2 cm³/mol. The average molecular weight is 437 g/mol. The number of hydrogen-bond acceptors (Lipinski definition) is 2. The summed E-state index contributed by atoms with van der Waals surface area (Å²) in [5, 5.41) is 0. The zero-order valence-corrected chi connectivity index (χ0v) is 14.6. The number of benzene rings is 1. The Balaban J connectivity index is 2.28. The van der Waals surface area contributed by atoms with Crippen LogP contribution in [0.4, 0.5) is 0 Å². The van der Waals surface area contributed by atoms with Gasteiger partial charge in [0.05, 0.1) is 5.56 Å². The minimum absolute atomic E-state index is 0.0193. The lowest BCUT2D eigenvalue weighted by Gasteiger charge is -2.38. The molecule has 0 radical (unpaired) electrons. The van der Waals surface area contributed by atoms with E-state index < -0.39 is 0 Å². The van der Waals surface area contributed by atoms with Crippen molar-refractivity contribution in [3.05, 3.63) is 31.8 Å². The third-order valence-corrected chi connectivity index (χ3v) is 4.94. The fourth-order valence-corrected chi connectivity index (χ4v) is 3.48. The molecule has 2 rings (SSSR count). The molecule has 2 atom stereocenters. The molecule has 1 aliphatic heterocycles. The number of nitrogens with two attached hydrogens (primary N) is 1. The van der Waals surface area contributed by atoms with Crippen molar-refractivity contribution in [2.75, 3.05) is 6.54 Å². The topological polar surface area (TPSA) is 46.3 Å². The molecule has 1 heterocycles. The minimum Gasteiger partial charge on any atom is -0.334 e. The number of nitrogens with zero attached hydrogens (tertiary/aromatic N) is 1. The zero-order chi connectivity index (χ0) is 14.0. The Kier molecular flexibility index (Phi) is 5.25. The van der Waals surface area contributed by atoms with Gasteiger partial charge in [0.1, 0.15) is 0 Å². The fraction of sp³-hybridized carbons (Fsp3) is 0.500. The van der Waals surface area contributed by atoms with Gasteiger partial charge in [-0.25, -0.2) is 0 Å². The van der Waals surface area contributed by atoms with E-state index >= 15 is 0 Å². The first-order valence-electron chi connectivity index (χ1n) is 6.52. The molecule has 2 N–H and O–H groups in total. The largest absolute Gasteiger partial charge is 0.334 e. The standard InChI is InChI=1S/C14H18BrIN2O/c1-9(17)13-4-2-3-7-18(13)14(19)11-8-10(16)5-6-12(11)15/h5-6,8-9,13H,2-4,7,17H2,1H3. The zero-order valence-electron chi connectivity index (χ0n) is 10.9. The van der Waals surface area contributed by atoms with E-state index in [1.54, 1.807) is 0 Å². The smallest absolute Gasteiger partial charge is 0.255 e. The number of amides is 1. The van der Waals surface area contributed by atoms with Crippen LogP contribution in [0.15, 0.2) is 22.7 Å². The summed E-state index contributed by atoms with van der Waals surface area (Å²) in [6, 6.07) is 6.03. The van der Waals surface area contributed by atoms with Gasteiger partial charge in [0.15, 0.2) is 0 Å². The van der Waals surface area contributed by atoms with Crippen LogP contribution in [-0.2, 0) is 0 Å². The Labute approximate surface area is 136 Å². The molecule has 19 heavy (non-hydrogen) atoms. The molecular weight excluding hydrogens is 419 g/mol. The van der Waals surface area contributed by atoms with Crippen LogP contribution in [0.1, 0.15) is 36.5 Å². The van der Waals surface area contributed by atoms with Crippen LogP contribution in [0.3, 0.4) is 0 Å². The van der Waals surface area contributed by atoms with Gasteiger partial charge < -0.3 is 10.6 Å². The highest BCUT2D eigenvalue weighted by Gasteiger charge is 2.30. The van der Waals surface area contributed by atoms with E-state index in [9.17, 15) is 4.79 Å². The van der Waals surface area contributed by atoms with Crippen molar-refractivity contribution in [2.24, 2.45) is 5.73 Å². The highest BCUT2D eigenvalue weighted by Crippen LogP contribution is 2.26. The van der Waals surface area contributed by atoms with Gasteiger partial charge in [0.25, 0.3) is 5.91 Å². The normalized spacial score (nSPS) is 21.3. The molecule has 1 aliphatic rings. The number of hydrogen-bond donors (Lipinski definition) is 1. The Morgan fingerprint density at radius 3 is 2.95 bits per heavy atom. The van der Waals surface area contributed by atoms with Crippen LogP contribution in [0.25, 0.3) is 0 Å². The molecule has 1 saturated heterocycles. The number of halogens is 2. The van der Waals surface area contributed by atoms with Crippen molar-refractivity contribution < 1.29 is 4.79 Å². The van der Waals surface area contributed by atoms with Crippen molar-refractivity contribution in [3.8, 4) is 0 Å². The summed E-state index contributed by atoms with van der Waals surface area (Å²) < 4.78 is 1.92. The summed E-state index contributed by atoms with van der Waals surface area (Å²) in [5.41, 5.74) is 6.77. The molecule has 0 spiro atoms. The first-order chi connectivity index (χ1) is 9.00. The fourth-order valence-electron chi connectivity index (χ4n) is 2.57. The maximum Gasteiger partial charge on any atom is 0.255 e. The van der Waals surface area contributed by atoms with Crippen LogP contribution in [0.2, 0.25) is 0 Å². The molecule has 1 aromatic rings. The number of rotatable bonds is 2. The van der Waals surface area contributed by atoms with Crippen molar-refractivity contribution in [2.45, 2.75) is 38.3 Å². The van der Waals surface area contributed by atoms with Crippen LogP contribution in [0, 0.1) is 3.57 Å². The predicted octanol–water partition coefficient (Wildman–Crippen LogP) is 3.40. The van der Waals surface area contributed by atoms with Crippen molar-refractivity contribution in [3.63, 3.8) is 0 Å². The number of likely N-dealkylation sites (tertiary alicyclic amines) is 1. The summed E-state index contributed by atoms with van der Waals surface area (Å²) in [6.07, 6.45) is 3.23. The molecule has 1 fully saturated rings. The highest BCUT2D eigenvalue weighted by molar-refractivity contribution is 14.1. The molecule has 2 unspecified atom stereocenters. The molecule has 0 bridgehead atoms. The lowest BCUT2D eigenvalue weighted by molar-refractivity contribution is 0.0583. The summed E-state index contributed by atoms with van der Waals surface area (Å²) in [7, 11) is 0. The quantitative estimate of drug-likeness (QED) is 0.722. The third kappa shape index (κ3) is 3.49. The second kappa shape index (κ2) is 6.54. The van der Waals surface area contributed by atoms with E-state index in [1.165, 1.54) is 0 Å². The Morgan fingerprint density at radius 1 is 1.53 bits per heavy atom. The van der Waals surface area contributed by atoms with Gasteiger partial charge in [-0.15, -0.1) is 0 Å². The van der Waals surface area contributed by atoms with Gasteiger partial charge in [0, 0.05) is 26.7 Å². The Hall–Kier alpha value is -0.140. The first-order valence-corrected chi connectivity index (χ1v) is 8.39. The second-order valence-corrected chi connectivity index (χ2v) is 7.14. The Bertz CT molecular complexity index is 479. The molecule has 104 valence electrons. The van der Waals surface area contributed by atoms with Crippen LogP contribution in [0.5, 0.6) is 0 Å². The van der Waals surface area contributed by atoms with E-state index in [2.05, 4.69) is 38.5 Å². The molecule has 1 amide bonds. The number of carbonyl (C=O) groups is 1. The monoisotopic (exact) mass is 436 g/mol. The molecular formula is C14H18BrIN2O. The van der Waals surface area contributed by atoms with Crippen molar-refractivity contribution >= 4 is 44.4 Å². The van der Waals surface area contributed by atoms with E-state index in [4.69, 9.17) is 5.73 Å². The summed E-state index contributed by atoms with van der Waals surface area (Å²) in [6.45, 7) is 2.79. The van der Waals surface area contributed by atoms with Crippen molar-refractivity contribution in [1.29, 1.82) is 0 Å². The summed E-state index contributed by atoms with van der Waals surface area (Å²) in [4.78, 5) is 14.7. The highest BCUT2D eigenvalue weighted by atomic mass is 127. The third-order valence-electron chi connectivity index (χ3n) is 3.58. The van der Waals surface area contributed by atoms with Gasteiger partial charge in [-0.1, -0.05) is 0 Å². The van der Waals surface area contributed by atoms with Crippen LogP contribution < -0.4 is 5.73 Å². The summed E-state index contributed by atoms with van der Waals surface area (Å²) in [5.74, 6) is 0.0902. The lowest BCUT2D eigenvalue weighted by atomic mass is 9.96. The minimum atomic E-state index is 0.0193. The molecule has 5 heteroatoms. The van der Waals surface area contributed by atoms with E-state index in [-0.39, 0.29) is 18.0 Å². The van der Waals surface area contributed by atoms with Crippen molar-refractivity contribution in [1.82, 2.24) is 4.90 Å².